The number of nitrogens with zero attached hydrogens (tertiary/aromatic N) is 1. The van der Waals surface area contributed by atoms with E-state index in [2.05, 4.69) is 10.3 Å². The van der Waals surface area contributed by atoms with Gasteiger partial charge >= 0.3 is 0 Å². The molecule has 0 saturated carbocycles. The molecular weight excluding hydrogens is 290 g/mol. The lowest BCUT2D eigenvalue weighted by atomic mass is 9.98. The number of thiazole rings is 1. The monoisotopic (exact) mass is 305 g/mol. The van der Waals surface area contributed by atoms with Gasteiger partial charge in [0.2, 0.25) is 5.91 Å². The lowest BCUT2D eigenvalue weighted by Crippen LogP contribution is -2.37. The number of amides is 1. The minimum atomic E-state index is -0.581. The topological polar surface area (TPSA) is 68.0 Å². The molecule has 1 aromatic carbocycles. The van der Waals surface area contributed by atoms with E-state index >= 15 is 0 Å². The molecule has 1 amide bonds. The molecule has 3 N–H and O–H groups in total. The van der Waals surface area contributed by atoms with Crippen LogP contribution >= 0.6 is 23.6 Å². The van der Waals surface area contributed by atoms with E-state index in [1.807, 2.05) is 35.7 Å². The molecule has 104 valence electrons. The standard InChI is InChI=1S/C14H15N3OS2/c15-13(19)12(10-4-2-1-3-5-10)14(18)17-7-6-11-16-8-9-20-11/h1-5,8-9,12H,6-7H2,(H2,15,19)(H,17,18). The molecule has 0 aliphatic carbocycles. The van der Waals surface area contributed by atoms with Crippen molar-refractivity contribution in [2.75, 3.05) is 6.54 Å². The first kappa shape index (κ1) is 14.6. The number of aromatic nitrogens is 1. The van der Waals surface area contributed by atoms with E-state index in [0.29, 0.717) is 13.0 Å². The van der Waals surface area contributed by atoms with Crippen molar-refractivity contribution in [3.63, 3.8) is 0 Å². The van der Waals surface area contributed by atoms with Gasteiger partial charge in [-0.15, -0.1) is 11.3 Å². The molecule has 2 rings (SSSR count). The number of benzene rings is 1. The average Bonchev–Trinajstić information content (AvgIpc) is 2.93. The Morgan fingerprint density at radius 2 is 2.15 bits per heavy atom. The molecule has 20 heavy (non-hydrogen) atoms. The van der Waals surface area contributed by atoms with E-state index < -0.39 is 5.92 Å². The number of carbonyl (C=O) groups excluding carboxylic acids is 1. The Hall–Kier alpha value is -1.79. The Kier molecular flexibility index (Phi) is 5.20. The molecule has 1 atom stereocenters. The van der Waals surface area contributed by atoms with Gasteiger partial charge in [-0.1, -0.05) is 42.5 Å². The predicted octanol–water partition coefficient (Wildman–Crippen LogP) is 1.87. The van der Waals surface area contributed by atoms with E-state index in [4.69, 9.17) is 18.0 Å². The number of nitrogens with two attached hydrogens (primary N) is 1. The summed E-state index contributed by atoms with van der Waals surface area (Å²) in [5.41, 5.74) is 6.51. The second kappa shape index (κ2) is 7.12. The van der Waals surface area contributed by atoms with Crippen LogP contribution in [0.3, 0.4) is 0 Å². The molecule has 0 fully saturated rings. The highest BCUT2D eigenvalue weighted by molar-refractivity contribution is 7.80. The van der Waals surface area contributed by atoms with Crippen LogP contribution in [0.2, 0.25) is 0 Å². The predicted molar refractivity (Wildman–Crippen MR) is 84.8 cm³/mol. The van der Waals surface area contributed by atoms with Gasteiger partial charge in [0.05, 0.1) is 10.00 Å². The summed E-state index contributed by atoms with van der Waals surface area (Å²) in [5, 5.41) is 5.77. The summed E-state index contributed by atoms with van der Waals surface area (Å²) in [7, 11) is 0. The lowest BCUT2D eigenvalue weighted by molar-refractivity contribution is -0.121. The SMILES string of the molecule is NC(=S)C(C(=O)NCCc1nccs1)c1ccccc1. The minimum Gasteiger partial charge on any atom is -0.392 e. The van der Waals surface area contributed by atoms with Crippen LogP contribution in [0, 0.1) is 0 Å². The second-order valence-corrected chi connectivity index (χ2v) is 5.66. The Morgan fingerprint density at radius 1 is 1.40 bits per heavy atom. The van der Waals surface area contributed by atoms with Crippen molar-refractivity contribution >= 4 is 34.5 Å². The molecule has 0 aliphatic rings. The largest absolute Gasteiger partial charge is 0.392 e. The molecule has 1 aromatic heterocycles. The Morgan fingerprint density at radius 3 is 2.75 bits per heavy atom. The number of nitrogens with one attached hydrogen (secondary N) is 1. The van der Waals surface area contributed by atoms with E-state index in [-0.39, 0.29) is 10.9 Å². The van der Waals surface area contributed by atoms with Crippen molar-refractivity contribution in [1.82, 2.24) is 10.3 Å². The van der Waals surface area contributed by atoms with Crippen molar-refractivity contribution in [2.45, 2.75) is 12.3 Å². The van der Waals surface area contributed by atoms with Crippen LogP contribution in [0.25, 0.3) is 0 Å². The van der Waals surface area contributed by atoms with Crippen LogP contribution in [-0.2, 0) is 11.2 Å². The first-order valence-corrected chi connectivity index (χ1v) is 7.47. The Labute approximate surface area is 127 Å². The van der Waals surface area contributed by atoms with Crippen molar-refractivity contribution in [3.8, 4) is 0 Å². The quantitative estimate of drug-likeness (QED) is 0.800. The van der Waals surface area contributed by atoms with Gasteiger partial charge in [0.25, 0.3) is 0 Å². The third kappa shape index (κ3) is 3.85. The molecule has 4 nitrogen and oxygen atoms in total. The zero-order chi connectivity index (χ0) is 14.4. The third-order valence-electron chi connectivity index (χ3n) is 2.80. The first-order valence-electron chi connectivity index (χ1n) is 6.19. The fourth-order valence-corrected chi connectivity index (χ4v) is 2.73. The number of hydrogen-bond acceptors (Lipinski definition) is 4. The smallest absolute Gasteiger partial charge is 0.234 e. The summed E-state index contributed by atoms with van der Waals surface area (Å²) in [6, 6.07) is 9.32. The molecular formula is C14H15N3OS2. The van der Waals surface area contributed by atoms with Crippen LogP contribution in [-0.4, -0.2) is 22.4 Å². The molecule has 6 heteroatoms. The maximum atomic E-state index is 12.2. The van der Waals surface area contributed by atoms with Gasteiger partial charge in [0.15, 0.2) is 0 Å². The summed E-state index contributed by atoms with van der Waals surface area (Å²) in [6.45, 7) is 0.526. The normalized spacial score (nSPS) is 11.8. The van der Waals surface area contributed by atoms with Crippen LogP contribution in [0.15, 0.2) is 41.9 Å². The van der Waals surface area contributed by atoms with Crippen molar-refractivity contribution in [1.29, 1.82) is 0 Å². The molecule has 0 aliphatic heterocycles. The first-order chi connectivity index (χ1) is 9.68. The highest BCUT2D eigenvalue weighted by atomic mass is 32.1. The summed E-state index contributed by atoms with van der Waals surface area (Å²) >= 11 is 6.58. The highest BCUT2D eigenvalue weighted by Crippen LogP contribution is 2.16. The van der Waals surface area contributed by atoms with Crippen LogP contribution in [0.1, 0.15) is 16.5 Å². The maximum absolute atomic E-state index is 12.2. The molecule has 1 unspecified atom stereocenters. The van der Waals surface area contributed by atoms with Gasteiger partial charge in [-0.3, -0.25) is 4.79 Å². The van der Waals surface area contributed by atoms with Gasteiger partial charge in [-0.2, -0.15) is 0 Å². The second-order valence-electron chi connectivity index (χ2n) is 4.21. The van der Waals surface area contributed by atoms with E-state index in [9.17, 15) is 4.79 Å². The number of thiocarbonyl (C=S) groups is 1. The lowest BCUT2D eigenvalue weighted by Gasteiger charge is -2.15. The van der Waals surface area contributed by atoms with Crippen molar-refractivity contribution < 1.29 is 4.79 Å². The Bertz CT molecular complexity index is 569. The van der Waals surface area contributed by atoms with Crippen LogP contribution in [0.4, 0.5) is 0 Å². The summed E-state index contributed by atoms with van der Waals surface area (Å²) < 4.78 is 0. The maximum Gasteiger partial charge on any atom is 0.234 e. The molecule has 0 bridgehead atoms. The Balaban J connectivity index is 1.96. The van der Waals surface area contributed by atoms with E-state index in [1.165, 1.54) is 0 Å². The van der Waals surface area contributed by atoms with E-state index in [0.717, 1.165) is 10.6 Å². The summed E-state index contributed by atoms with van der Waals surface area (Å²) in [4.78, 5) is 16.6. The fourth-order valence-electron chi connectivity index (χ4n) is 1.86. The molecule has 1 heterocycles. The van der Waals surface area contributed by atoms with Crippen molar-refractivity contribution in [2.24, 2.45) is 5.73 Å². The van der Waals surface area contributed by atoms with Gasteiger partial charge in [0.1, 0.15) is 5.92 Å². The van der Waals surface area contributed by atoms with Crippen LogP contribution in [0.5, 0.6) is 0 Å². The highest BCUT2D eigenvalue weighted by Gasteiger charge is 2.22. The molecule has 2 aromatic rings. The number of rotatable bonds is 6. The zero-order valence-electron chi connectivity index (χ0n) is 10.8. The van der Waals surface area contributed by atoms with Gasteiger partial charge in [-0.25, -0.2) is 4.98 Å². The fraction of sp³-hybridized carbons (Fsp3) is 0.214. The van der Waals surface area contributed by atoms with Crippen LogP contribution < -0.4 is 11.1 Å². The third-order valence-corrected chi connectivity index (χ3v) is 3.88. The van der Waals surface area contributed by atoms with Gasteiger partial charge in [-0.05, 0) is 5.56 Å². The van der Waals surface area contributed by atoms with E-state index in [1.54, 1.807) is 17.5 Å². The number of carbonyl (C=O) groups is 1. The minimum absolute atomic E-state index is 0.166. The molecule has 0 spiro atoms. The number of hydrogen-bond donors (Lipinski definition) is 2. The molecule has 0 saturated heterocycles. The zero-order valence-corrected chi connectivity index (χ0v) is 12.4. The average molecular weight is 305 g/mol. The molecule has 0 radical (unpaired) electrons. The summed E-state index contributed by atoms with van der Waals surface area (Å²) in [5.74, 6) is -0.747. The van der Waals surface area contributed by atoms with Gasteiger partial charge < -0.3 is 11.1 Å². The van der Waals surface area contributed by atoms with Crippen molar-refractivity contribution in [3.05, 3.63) is 52.5 Å². The summed E-state index contributed by atoms with van der Waals surface area (Å²) in [6.07, 6.45) is 2.46. The van der Waals surface area contributed by atoms with Gasteiger partial charge in [0, 0.05) is 24.5 Å².